The lowest BCUT2D eigenvalue weighted by atomic mass is 9.76. The molecule has 3 rings (SSSR count). The zero-order chi connectivity index (χ0) is 20.3. The molecule has 2 aromatic carbocycles. The first-order chi connectivity index (χ1) is 13.4. The van der Waals surface area contributed by atoms with Gasteiger partial charge in [-0.25, -0.2) is 0 Å². The Balaban J connectivity index is 2.15. The number of hydrogen-bond donors (Lipinski definition) is 1. The van der Waals surface area contributed by atoms with Gasteiger partial charge in [-0.2, -0.15) is 8.78 Å². The second kappa shape index (κ2) is 8.00. The van der Waals surface area contributed by atoms with Crippen molar-refractivity contribution in [2.75, 3.05) is 18.6 Å². The lowest BCUT2D eigenvalue weighted by Crippen LogP contribution is -2.31. The summed E-state index contributed by atoms with van der Waals surface area (Å²) in [5.41, 5.74) is 3.17. The van der Waals surface area contributed by atoms with E-state index in [1.807, 2.05) is 31.2 Å². The molecule has 0 bridgehead atoms. The van der Waals surface area contributed by atoms with E-state index in [1.165, 1.54) is 6.21 Å². The van der Waals surface area contributed by atoms with Crippen LogP contribution >= 0.6 is 0 Å². The molecule has 1 aliphatic heterocycles. The number of hydrogen-bond acceptors (Lipinski definition) is 4. The highest BCUT2D eigenvalue weighted by atomic mass is 19.3. The Hall–Kier alpha value is -2.89. The fourth-order valence-corrected chi connectivity index (χ4v) is 4.01. The maximum atomic E-state index is 12.9. The minimum atomic E-state index is -2.88. The van der Waals surface area contributed by atoms with Gasteiger partial charge in [-0.05, 0) is 61.7 Å². The molecule has 0 saturated heterocycles. The van der Waals surface area contributed by atoms with Crippen LogP contribution in [0.3, 0.4) is 0 Å². The molecule has 0 aliphatic carbocycles. The Morgan fingerprint density at radius 3 is 2.61 bits per heavy atom. The Bertz CT molecular complexity index is 898. The summed E-state index contributed by atoms with van der Waals surface area (Å²) in [6, 6.07) is 12.8. The van der Waals surface area contributed by atoms with Crippen LogP contribution in [0.1, 0.15) is 25.0 Å². The van der Waals surface area contributed by atoms with Crippen LogP contribution in [-0.2, 0) is 11.8 Å². The molecular formula is C22H24F2N2O2. The number of para-hydroxylation sites is 1. The molecule has 6 heteroatoms. The highest BCUT2D eigenvalue weighted by Gasteiger charge is 2.43. The predicted molar refractivity (Wildman–Crippen MR) is 107 cm³/mol. The molecule has 0 fully saturated rings. The van der Waals surface area contributed by atoms with Crippen molar-refractivity contribution in [2.45, 2.75) is 32.3 Å². The van der Waals surface area contributed by atoms with E-state index in [4.69, 9.17) is 14.9 Å². The normalized spacial score (nSPS) is 19.8. The summed E-state index contributed by atoms with van der Waals surface area (Å²) in [5.74, 6) is 0.904. The van der Waals surface area contributed by atoms with E-state index in [-0.39, 0.29) is 5.75 Å². The van der Waals surface area contributed by atoms with Gasteiger partial charge in [-0.15, -0.1) is 0 Å². The topological polar surface area (TPSA) is 45.6 Å². The van der Waals surface area contributed by atoms with Gasteiger partial charge in [0.25, 0.3) is 0 Å². The number of nitrogens with zero attached hydrogens (tertiary/aromatic N) is 1. The Kier molecular flexibility index (Phi) is 5.68. The summed E-state index contributed by atoms with van der Waals surface area (Å²) in [5, 5.41) is 7.63. The van der Waals surface area contributed by atoms with Crippen molar-refractivity contribution < 1.29 is 18.3 Å². The van der Waals surface area contributed by atoms with Crippen molar-refractivity contribution in [1.82, 2.24) is 0 Å². The molecular weight excluding hydrogens is 362 g/mol. The average Bonchev–Trinajstić information content (AvgIpc) is 2.91. The molecule has 148 valence electrons. The second-order valence-electron chi connectivity index (χ2n) is 6.84. The largest absolute Gasteiger partial charge is 0.497 e. The first-order valence-electron chi connectivity index (χ1n) is 9.14. The standard InChI is InChI=1S/C22H24F2N2O2/c1-4-26-18-10-9-16(27-3)13-17(18)22(2,20(26)11-12-25)14-15-7-5-6-8-19(15)28-21(23)24/h5-13,21,25H,4,14H2,1-3H3/b20-11-,25-12?. The maximum Gasteiger partial charge on any atom is 0.387 e. The minimum absolute atomic E-state index is 0.173. The van der Waals surface area contributed by atoms with Gasteiger partial charge in [0, 0.05) is 29.6 Å². The summed E-state index contributed by atoms with van der Waals surface area (Å²) >= 11 is 0. The van der Waals surface area contributed by atoms with Gasteiger partial charge in [-0.3, -0.25) is 0 Å². The fourth-order valence-electron chi connectivity index (χ4n) is 4.01. The molecule has 4 nitrogen and oxygen atoms in total. The molecule has 0 spiro atoms. The number of likely N-dealkylation sites (N-methyl/N-ethyl adjacent to an activating group) is 1. The van der Waals surface area contributed by atoms with E-state index in [1.54, 1.807) is 31.4 Å². The van der Waals surface area contributed by atoms with E-state index in [9.17, 15) is 8.78 Å². The van der Waals surface area contributed by atoms with E-state index in [0.717, 1.165) is 29.2 Å². The van der Waals surface area contributed by atoms with Gasteiger partial charge < -0.3 is 19.8 Å². The first kappa shape index (κ1) is 19.9. The molecule has 1 aliphatic rings. The van der Waals surface area contributed by atoms with E-state index in [2.05, 4.69) is 11.8 Å². The van der Waals surface area contributed by atoms with Crippen LogP contribution in [0, 0.1) is 5.41 Å². The molecule has 0 radical (unpaired) electrons. The van der Waals surface area contributed by atoms with Gasteiger partial charge in [0.2, 0.25) is 0 Å². The lowest BCUT2D eigenvalue weighted by molar-refractivity contribution is -0.0505. The molecule has 28 heavy (non-hydrogen) atoms. The zero-order valence-corrected chi connectivity index (χ0v) is 16.2. The monoisotopic (exact) mass is 386 g/mol. The number of alkyl halides is 2. The molecule has 1 N–H and O–H groups in total. The van der Waals surface area contributed by atoms with Crippen molar-refractivity contribution in [3.63, 3.8) is 0 Å². The average molecular weight is 386 g/mol. The predicted octanol–water partition coefficient (Wildman–Crippen LogP) is 5.17. The van der Waals surface area contributed by atoms with Crippen molar-refractivity contribution >= 4 is 11.9 Å². The third-order valence-electron chi connectivity index (χ3n) is 5.24. The molecule has 1 heterocycles. The number of allylic oxidation sites excluding steroid dienone is 2. The molecule has 1 unspecified atom stereocenters. The van der Waals surface area contributed by atoms with Gasteiger partial charge in [0.05, 0.1) is 7.11 Å². The number of nitrogens with one attached hydrogen (secondary N) is 1. The van der Waals surface area contributed by atoms with Crippen molar-refractivity contribution in [2.24, 2.45) is 0 Å². The van der Waals surface area contributed by atoms with E-state index >= 15 is 0 Å². The summed E-state index contributed by atoms with van der Waals surface area (Å²) in [6.45, 7) is 1.96. The maximum absolute atomic E-state index is 12.9. The lowest BCUT2D eigenvalue weighted by Gasteiger charge is -2.30. The summed E-state index contributed by atoms with van der Waals surface area (Å²) in [7, 11) is 1.62. The van der Waals surface area contributed by atoms with Crippen LogP contribution in [0.5, 0.6) is 11.5 Å². The van der Waals surface area contributed by atoms with Crippen LogP contribution in [0.2, 0.25) is 0 Å². The Morgan fingerprint density at radius 1 is 1.21 bits per heavy atom. The molecule has 2 aromatic rings. The summed E-state index contributed by atoms with van der Waals surface area (Å²) in [4.78, 5) is 2.15. The Morgan fingerprint density at radius 2 is 1.96 bits per heavy atom. The van der Waals surface area contributed by atoms with E-state index in [0.29, 0.717) is 12.0 Å². The van der Waals surface area contributed by atoms with E-state index < -0.39 is 12.0 Å². The van der Waals surface area contributed by atoms with Gasteiger partial charge in [0.1, 0.15) is 11.5 Å². The van der Waals surface area contributed by atoms with Crippen molar-refractivity contribution in [1.29, 1.82) is 5.41 Å². The molecule has 0 amide bonds. The van der Waals surface area contributed by atoms with Crippen LogP contribution in [0.4, 0.5) is 14.5 Å². The zero-order valence-electron chi connectivity index (χ0n) is 16.2. The number of anilines is 1. The SMILES string of the molecule is CCN1/C(=C\C=N)C(C)(Cc2ccccc2OC(F)F)c2cc(OC)ccc21. The number of ether oxygens (including phenoxy) is 2. The highest BCUT2D eigenvalue weighted by Crippen LogP contribution is 2.51. The van der Waals surface area contributed by atoms with Crippen molar-refractivity contribution in [3.8, 4) is 11.5 Å². The second-order valence-corrected chi connectivity index (χ2v) is 6.84. The molecule has 1 atom stereocenters. The summed E-state index contributed by atoms with van der Waals surface area (Å²) < 4.78 is 35.9. The van der Waals surface area contributed by atoms with Crippen molar-refractivity contribution in [3.05, 3.63) is 65.4 Å². The summed E-state index contributed by atoms with van der Waals surface area (Å²) in [6.07, 6.45) is 3.49. The van der Waals surface area contributed by atoms with Crippen LogP contribution in [0.15, 0.2) is 54.2 Å². The van der Waals surface area contributed by atoms with Crippen LogP contribution in [0.25, 0.3) is 0 Å². The minimum Gasteiger partial charge on any atom is -0.497 e. The number of halogens is 2. The third kappa shape index (κ3) is 3.46. The number of benzene rings is 2. The van der Waals surface area contributed by atoms with Crippen LogP contribution < -0.4 is 14.4 Å². The molecule has 0 saturated carbocycles. The van der Waals surface area contributed by atoms with Gasteiger partial charge >= 0.3 is 6.61 Å². The third-order valence-corrected chi connectivity index (χ3v) is 5.24. The number of methoxy groups -OCH3 is 1. The first-order valence-corrected chi connectivity index (χ1v) is 9.14. The van der Waals surface area contributed by atoms with Gasteiger partial charge in [-0.1, -0.05) is 18.2 Å². The quantitative estimate of drug-likeness (QED) is 0.668. The molecule has 0 aromatic heterocycles. The Labute approximate surface area is 163 Å². The van der Waals surface area contributed by atoms with Crippen LogP contribution in [-0.4, -0.2) is 26.5 Å². The number of fused-ring (bicyclic) bond motifs is 1. The highest BCUT2D eigenvalue weighted by molar-refractivity contribution is 5.79. The number of rotatable bonds is 7. The smallest absolute Gasteiger partial charge is 0.387 e. The van der Waals surface area contributed by atoms with Gasteiger partial charge in [0.15, 0.2) is 0 Å². The fraction of sp³-hybridized carbons (Fsp3) is 0.318.